The predicted molar refractivity (Wildman–Crippen MR) is 81.8 cm³/mol. The van der Waals surface area contributed by atoms with E-state index in [-0.39, 0.29) is 16.1 Å². The minimum atomic E-state index is -0.427. The van der Waals surface area contributed by atoms with E-state index < -0.39 is 5.41 Å². The van der Waals surface area contributed by atoms with Crippen LogP contribution in [0.5, 0.6) is 0 Å². The maximum Gasteiger partial charge on any atom is 0.297 e. The Bertz CT molecular complexity index is 784. The van der Waals surface area contributed by atoms with Gasteiger partial charge >= 0.3 is 0 Å². The van der Waals surface area contributed by atoms with E-state index in [0.717, 1.165) is 4.68 Å². The summed E-state index contributed by atoms with van der Waals surface area (Å²) in [6.07, 6.45) is 1.44. The van der Waals surface area contributed by atoms with E-state index in [1.807, 2.05) is 20.8 Å². The van der Waals surface area contributed by atoms with Gasteiger partial charge in [0.1, 0.15) is 11.5 Å². The fourth-order valence-corrected chi connectivity index (χ4v) is 1.83. The van der Waals surface area contributed by atoms with Crippen LogP contribution in [-0.2, 0) is 5.41 Å². The average molecular weight is 306 g/mol. The normalized spacial score (nSPS) is 12.0. The number of hydrogen-bond donors (Lipinski definition) is 1. The summed E-state index contributed by atoms with van der Waals surface area (Å²) >= 11 is 5.03. The van der Waals surface area contributed by atoms with E-state index in [1.165, 1.54) is 18.3 Å². The Morgan fingerprint density at radius 2 is 1.95 bits per heavy atom. The lowest BCUT2D eigenvalue weighted by Crippen LogP contribution is -2.32. The number of rotatable bonds is 2. The zero-order chi connectivity index (χ0) is 15.6. The Labute approximate surface area is 126 Å². The molecule has 5 nitrogen and oxygen atoms in total. The lowest BCUT2D eigenvalue weighted by atomic mass is 9.93. The van der Waals surface area contributed by atoms with Crippen LogP contribution < -0.4 is 5.56 Å². The van der Waals surface area contributed by atoms with E-state index in [1.54, 1.807) is 12.1 Å². The Kier molecular flexibility index (Phi) is 4.13. The highest BCUT2D eigenvalue weighted by molar-refractivity contribution is 7.71. The number of benzene rings is 1. The molecule has 0 aliphatic carbocycles. The molecule has 1 aromatic carbocycles. The molecule has 2 rings (SSSR count). The second kappa shape index (κ2) is 5.69. The SMILES string of the molecule is CC(C)(C)c1n[nH]c(=S)n(/N=C\c2ccc(F)cc2)c1=O. The highest BCUT2D eigenvalue weighted by atomic mass is 32.1. The Morgan fingerprint density at radius 1 is 1.33 bits per heavy atom. The quantitative estimate of drug-likeness (QED) is 0.685. The van der Waals surface area contributed by atoms with E-state index in [2.05, 4.69) is 15.3 Å². The molecule has 0 bridgehead atoms. The molecule has 1 heterocycles. The number of H-pyrrole nitrogens is 1. The van der Waals surface area contributed by atoms with Gasteiger partial charge in [-0.1, -0.05) is 32.9 Å². The third kappa shape index (κ3) is 3.49. The number of halogens is 1. The van der Waals surface area contributed by atoms with Crippen molar-refractivity contribution in [2.75, 3.05) is 0 Å². The van der Waals surface area contributed by atoms with Crippen LogP contribution in [0.4, 0.5) is 4.39 Å². The molecule has 0 radical (unpaired) electrons. The summed E-state index contributed by atoms with van der Waals surface area (Å²) < 4.78 is 14.0. The fraction of sp³-hybridized carbons (Fsp3) is 0.286. The molecule has 0 aliphatic heterocycles. The molecule has 7 heteroatoms. The van der Waals surface area contributed by atoms with Crippen molar-refractivity contribution in [2.24, 2.45) is 5.10 Å². The molecular formula is C14H15FN4OS. The van der Waals surface area contributed by atoms with Crippen LogP contribution in [0.25, 0.3) is 0 Å². The lowest BCUT2D eigenvalue weighted by Gasteiger charge is -2.16. The molecule has 110 valence electrons. The standard InChI is InChI=1S/C14H15FN4OS/c1-14(2,3)11-12(20)19(13(21)18-17-11)16-8-9-4-6-10(15)7-5-9/h4-8H,1-3H3,(H,18,21)/b16-8-. The first-order valence-electron chi connectivity index (χ1n) is 6.31. The first kappa shape index (κ1) is 15.2. The zero-order valence-corrected chi connectivity index (χ0v) is 12.7. The molecule has 0 amide bonds. The minimum Gasteiger partial charge on any atom is -0.265 e. The summed E-state index contributed by atoms with van der Waals surface area (Å²) in [6, 6.07) is 5.75. The molecule has 0 spiro atoms. The first-order chi connectivity index (χ1) is 9.79. The van der Waals surface area contributed by atoms with Gasteiger partial charge in [0, 0.05) is 5.41 Å². The van der Waals surface area contributed by atoms with Crippen LogP contribution in [0.1, 0.15) is 32.0 Å². The number of nitrogens with zero attached hydrogens (tertiary/aromatic N) is 3. The lowest BCUT2D eigenvalue weighted by molar-refractivity contribution is 0.529. The summed E-state index contributed by atoms with van der Waals surface area (Å²) in [5.41, 5.74) is 0.202. The Balaban J connectivity index is 2.47. The van der Waals surface area contributed by atoms with E-state index in [9.17, 15) is 9.18 Å². The number of aromatic amines is 1. The van der Waals surface area contributed by atoms with E-state index in [0.29, 0.717) is 11.3 Å². The van der Waals surface area contributed by atoms with Gasteiger partial charge in [-0.25, -0.2) is 4.39 Å². The van der Waals surface area contributed by atoms with Gasteiger partial charge in [0.15, 0.2) is 0 Å². The van der Waals surface area contributed by atoms with Crippen LogP contribution in [0.3, 0.4) is 0 Å². The van der Waals surface area contributed by atoms with Crippen molar-refractivity contribution in [3.8, 4) is 0 Å². The molecule has 1 aromatic heterocycles. The second-order valence-corrected chi connectivity index (χ2v) is 5.93. The average Bonchev–Trinajstić information content (AvgIpc) is 2.39. The van der Waals surface area contributed by atoms with Gasteiger partial charge in [-0.15, -0.1) is 0 Å². The van der Waals surface area contributed by atoms with Gasteiger partial charge in [0.2, 0.25) is 4.77 Å². The Morgan fingerprint density at radius 3 is 2.52 bits per heavy atom. The predicted octanol–water partition coefficient (Wildman–Crippen LogP) is 2.62. The molecule has 0 aliphatic rings. The monoisotopic (exact) mass is 306 g/mol. The molecule has 2 aromatic rings. The van der Waals surface area contributed by atoms with Gasteiger partial charge in [-0.2, -0.15) is 14.9 Å². The van der Waals surface area contributed by atoms with Crippen molar-refractivity contribution in [1.29, 1.82) is 0 Å². The molecular weight excluding hydrogens is 291 g/mol. The van der Waals surface area contributed by atoms with Crippen LogP contribution in [0, 0.1) is 10.6 Å². The van der Waals surface area contributed by atoms with Crippen molar-refractivity contribution in [1.82, 2.24) is 14.9 Å². The largest absolute Gasteiger partial charge is 0.297 e. The van der Waals surface area contributed by atoms with Crippen molar-refractivity contribution in [3.63, 3.8) is 0 Å². The van der Waals surface area contributed by atoms with E-state index >= 15 is 0 Å². The van der Waals surface area contributed by atoms with Crippen LogP contribution in [0.2, 0.25) is 0 Å². The third-order valence-corrected chi connectivity index (χ3v) is 3.02. The minimum absolute atomic E-state index is 0.103. The summed E-state index contributed by atoms with van der Waals surface area (Å²) in [5.74, 6) is -0.333. The number of nitrogens with one attached hydrogen (secondary N) is 1. The molecule has 21 heavy (non-hydrogen) atoms. The molecule has 0 saturated heterocycles. The molecule has 0 fully saturated rings. The van der Waals surface area contributed by atoms with E-state index in [4.69, 9.17) is 12.2 Å². The van der Waals surface area contributed by atoms with Gasteiger partial charge in [0.05, 0.1) is 6.21 Å². The van der Waals surface area contributed by atoms with Gasteiger partial charge in [-0.05, 0) is 29.9 Å². The van der Waals surface area contributed by atoms with Gasteiger partial charge < -0.3 is 0 Å². The summed E-state index contributed by atoms with van der Waals surface area (Å²) in [7, 11) is 0. The van der Waals surface area contributed by atoms with Gasteiger partial charge in [-0.3, -0.25) is 9.89 Å². The van der Waals surface area contributed by atoms with Crippen molar-refractivity contribution >= 4 is 18.4 Å². The van der Waals surface area contributed by atoms with Crippen LogP contribution in [-0.4, -0.2) is 21.1 Å². The maximum absolute atomic E-state index is 12.8. The fourth-order valence-electron chi connectivity index (χ4n) is 1.66. The number of hydrogen-bond acceptors (Lipinski definition) is 4. The van der Waals surface area contributed by atoms with Crippen LogP contribution in [0.15, 0.2) is 34.2 Å². The van der Waals surface area contributed by atoms with Crippen molar-refractivity contribution < 1.29 is 4.39 Å². The summed E-state index contributed by atoms with van der Waals surface area (Å²) in [5, 5.41) is 10.7. The van der Waals surface area contributed by atoms with Crippen molar-refractivity contribution in [3.05, 3.63) is 56.5 Å². The first-order valence-corrected chi connectivity index (χ1v) is 6.72. The second-order valence-electron chi connectivity index (χ2n) is 5.54. The van der Waals surface area contributed by atoms with Crippen LogP contribution >= 0.6 is 12.2 Å². The molecule has 0 atom stereocenters. The topological polar surface area (TPSA) is 63.0 Å². The third-order valence-electron chi connectivity index (χ3n) is 2.75. The molecule has 0 saturated carbocycles. The van der Waals surface area contributed by atoms with Gasteiger partial charge in [0.25, 0.3) is 5.56 Å². The highest BCUT2D eigenvalue weighted by Crippen LogP contribution is 2.15. The molecule has 0 unspecified atom stereocenters. The molecule has 1 N–H and O–H groups in total. The smallest absolute Gasteiger partial charge is 0.265 e. The Hall–Kier alpha value is -2.15. The summed E-state index contributed by atoms with van der Waals surface area (Å²) in [6.45, 7) is 5.63. The number of aromatic nitrogens is 3. The summed E-state index contributed by atoms with van der Waals surface area (Å²) in [4.78, 5) is 12.4. The van der Waals surface area contributed by atoms with Crippen molar-refractivity contribution in [2.45, 2.75) is 26.2 Å². The zero-order valence-electron chi connectivity index (χ0n) is 11.9. The maximum atomic E-state index is 12.8. The highest BCUT2D eigenvalue weighted by Gasteiger charge is 2.21.